The van der Waals surface area contributed by atoms with Gasteiger partial charge in [-0.05, 0) is 68.4 Å². The molecule has 1 heterocycles. The lowest BCUT2D eigenvalue weighted by Crippen LogP contribution is -2.48. The van der Waals surface area contributed by atoms with Crippen LogP contribution in [0, 0.1) is 12.8 Å². The molecule has 0 unspecified atom stereocenters. The molecule has 1 aliphatic carbocycles. The number of hydrogen-bond acceptors (Lipinski definition) is 3. The Bertz CT molecular complexity index is 642. The molecule has 1 atom stereocenters. The highest BCUT2D eigenvalue weighted by Crippen LogP contribution is 2.28. The third-order valence-corrected chi connectivity index (χ3v) is 6.31. The van der Waals surface area contributed by atoms with E-state index in [1.54, 1.807) is 0 Å². The van der Waals surface area contributed by atoms with Gasteiger partial charge in [0.25, 0.3) is 5.91 Å². The normalized spacial score (nSPS) is 20.2. The zero-order valence-corrected chi connectivity index (χ0v) is 17.0. The third-order valence-electron chi connectivity index (χ3n) is 5.09. The van der Waals surface area contributed by atoms with Gasteiger partial charge in [-0.1, -0.05) is 28.4 Å². The molecule has 0 spiro atoms. The van der Waals surface area contributed by atoms with Crippen molar-refractivity contribution in [2.24, 2.45) is 5.92 Å². The molecule has 136 valence electrons. The quantitative estimate of drug-likeness (QED) is 0.723. The number of carbonyl (C=O) groups is 1. The number of ether oxygens (including phenoxy) is 1. The molecule has 1 aliphatic heterocycles. The summed E-state index contributed by atoms with van der Waals surface area (Å²) in [6, 6.07) is 5.60. The summed E-state index contributed by atoms with van der Waals surface area (Å²) >= 11 is 9.04. The topological polar surface area (TPSA) is 41.6 Å². The number of nitrogens with zero attached hydrogens (tertiary/aromatic N) is 1. The van der Waals surface area contributed by atoms with E-state index < -0.39 is 0 Å². The van der Waals surface area contributed by atoms with Gasteiger partial charge in [0.2, 0.25) is 0 Å². The Morgan fingerprint density at radius 2 is 2.12 bits per heavy atom. The Morgan fingerprint density at radius 3 is 2.72 bits per heavy atom. The zero-order valence-electron chi connectivity index (χ0n) is 14.6. The summed E-state index contributed by atoms with van der Waals surface area (Å²) < 4.78 is 6.69. The summed E-state index contributed by atoms with van der Waals surface area (Å²) in [5.74, 6) is 0.529. The van der Waals surface area contributed by atoms with Crippen LogP contribution in [0.25, 0.3) is 0 Å². The summed E-state index contributed by atoms with van der Waals surface area (Å²) in [6.07, 6.45) is 6.21. The van der Waals surface area contributed by atoms with Crippen LogP contribution in [0.15, 0.2) is 22.7 Å². The van der Waals surface area contributed by atoms with Crippen LogP contribution in [0.1, 0.15) is 48.0 Å². The molecule has 0 aromatic heterocycles. The summed E-state index contributed by atoms with van der Waals surface area (Å²) in [7, 11) is 0. The van der Waals surface area contributed by atoms with Crippen molar-refractivity contribution in [3.8, 4) is 0 Å². The van der Waals surface area contributed by atoms with Crippen LogP contribution < -0.4 is 5.32 Å². The van der Waals surface area contributed by atoms with Crippen molar-refractivity contribution in [2.75, 3.05) is 19.7 Å². The summed E-state index contributed by atoms with van der Waals surface area (Å²) in [6.45, 7) is 4.51. The van der Waals surface area contributed by atoms with Crippen LogP contribution in [0.3, 0.4) is 0 Å². The Morgan fingerprint density at radius 1 is 1.32 bits per heavy atom. The lowest BCUT2D eigenvalue weighted by molar-refractivity contribution is 0.0822. The van der Waals surface area contributed by atoms with Gasteiger partial charge in [0.05, 0.1) is 6.10 Å². The van der Waals surface area contributed by atoms with Crippen LogP contribution >= 0.6 is 28.1 Å². The third kappa shape index (κ3) is 5.02. The van der Waals surface area contributed by atoms with Gasteiger partial charge >= 0.3 is 0 Å². The van der Waals surface area contributed by atoms with E-state index in [0.717, 1.165) is 42.6 Å². The van der Waals surface area contributed by atoms with E-state index in [1.165, 1.54) is 19.3 Å². The van der Waals surface area contributed by atoms with Crippen LogP contribution in [0.4, 0.5) is 0 Å². The molecule has 1 saturated carbocycles. The van der Waals surface area contributed by atoms with E-state index in [9.17, 15) is 4.79 Å². The summed E-state index contributed by atoms with van der Waals surface area (Å²) in [5.41, 5.74) is 1.71. The number of aryl methyl sites for hydroxylation is 1. The number of halogens is 1. The second kappa shape index (κ2) is 8.60. The molecule has 2 aliphatic rings. The highest BCUT2D eigenvalue weighted by molar-refractivity contribution is 9.10. The molecule has 25 heavy (non-hydrogen) atoms. The van der Waals surface area contributed by atoms with Gasteiger partial charge < -0.3 is 9.64 Å². The first-order valence-corrected chi connectivity index (χ1v) is 10.2. The first-order valence-electron chi connectivity index (χ1n) is 9.01. The average molecular weight is 425 g/mol. The Balaban J connectivity index is 1.63. The number of rotatable bonds is 5. The van der Waals surface area contributed by atoms with Crippen LogP contribution in [0.5, 0.6) is 0 Å². The van der Waals surface area contributed by atoms with Gasteiger partial charge in [0.15, 0.2) is 5.11 Å². The fourth-order valence-electron chi connectivity index (χ4n) is 3.24. The van der Waals surface area contributed by atoms with Crippen LogP contribution in [-0.2, 0) is 4.74 Å². The van der Waals surface area contributed by atoms with Crippen molar-refractivity contribution >= 4 is 39.2 Å². The predicted molar refractivity (Wildman–Crippen MR) is 107 cm³/mol. The molecule has 3 rings (SSSR count). The second-order valence-electron chi connectivity index (χ2n) is 7.06. The molecule has 1 aromatic carbocycles. The van der Waals surface area contributed by atoms with Gasteiger partial charge in [-0.2, -0.15) is 0 Å². The Labute approximate surface area is 163 Å². The SMILES string of the molecule is Cc1ccc(C(=O)NC(=S)N(CC2CCC2)C[C@H]2CCCO2)cc1Br. The highest BCUT2D eigenvalue weighted by Gasteiger charge is 2.26. The number of carbonyl (C=O) groups excluding carboxylic acids is 1. The van der Waals surface area contributed by atoms with Crippen LogP contribution in [0.2, 0.25) is 0 Å². The maximum atomic E-state index is 12.6. The highest BCUT2D eigenvalue weighted by atomic mass is 79.9. The van der Waals surface area contributed by atoms with E-state index in [1.807, 2.05) is 25.1 Å². The van der Waals surface area contributed by atoms with Crippen LogP contribution in [-0.4, -0.2) is 41.7 Å². The molecule has 0 bridgehead atoms. The minimum Gasteiger partial charge on any atom is -0.376 e. The van der Waals surface area contributed by atoms with Gasteiger partial charge in [-0.25, -0.2) is 0 Å². The largest absolute Gasteiger partial charge is 0.376 e. The monoisotopic (exact) mass is 424 g/mol. The van der Waals surface area contributed by atoms with E-state index >= 15 is 0 Å². The molecule has 6 heteroatoms. The average Bonchev–Trinajstić information content (AvgIpc) is 3.05. The molecule has 1 aromatic rings. The lowest BCUT2D eigenvalue weighted by Gasteiger charge is -2.35. The molecular formula is C19H25BrN2O2S. The number of thiocarbonyl (C=S) groups is 1. The fourth-order valence-corrected chi connectivity index (χ4v) is 3.86. The minimum atomic E-state index is -0.156. The smallest absolute Gasteiger partial charge is 0.257 e. The van der Waals surface area contributed by atoms with Crippen molar-refractivity contribution in [3.63, 3.8) is 0 Å². The summed E-state index contributed by atoms with van der Waals surface area (Å²) in [4.78, 5) is 14.7. The van der Waals surface area contributed by atoms with E-state index in [2.05, 4.69) is 26.1 Å². The number of benzene rings is 1. The Kier molecular flexibility index (Phi) is 6.47. The number of nitrogens with one attached hydrogen (secondary N) is 1. The molecule has 1 N–H and O–H groups in total. The summed E-state index contributed by atoms with van der Waals surface area (Å²) in [5, 5.41) is 3.43. The van der Waals surface area contributed by atoms with Crippen molar-refractivity contribution in [3.05, 3.63) is 33.8 Å². The fraction of sp³-hybridized carbons (Fsp3) is 0.579. The number of amides is 1. The standard InChI is InChI=1S/C19H25BrN2O2S/c1-13-7-8-15(10-17(13)20)18(23)21-19(25)22(11-14-4-2-5-14)12-16-6-3-9-24-16/h7-8,10,14,16H,2-6,9,11-12H2,1H3,(H,21,23,25)/t16-/m1/s1. The molecule has 0 radical (unpaired) electrons. The molecule has 1 saturated heterocycles. The van der Waals surface area contributed by atoms with E-state index in [4.69, 9.17) is 17.0 Å². The maximum Gasteiger partial charge on any atom is 0.257 e. The van der Waals surface area contributed by atoms with Crippen molar-refractivity contribution in [2.45, 2.75) is 45.1 Å². The van der Waals surface area contributed by atoms with E-state index in [-0.39, 0.29) is 12.0 Å². The van der Waals surface area contributed by atoms with E-state index in [0.29, 0.717) is 16.6 Å². The maximum absolute atomic E-state index is 12.6. The van der Waals surface area contributed by atoms with Crippen molar-refractivity contribution < 1.29 is 9.53 Å². The van der Waals surface area contributed by atoms with Gasteiger partial charge in [-0.15, -0.1) is 0 Å². The molecular weight excluding hydrogens is 400 g/mol. The van der Waals surface area contributed by atoms with Crippen molar-refractivity contribution in [1.29, 1.82) is 0 Å². The molecule has 1 amide bonds. The zero-order chi connectivity index (χ0) is 17.8. The van der Waals surface area contributed by atoms with Gasteiger partial charge in [0, 0.05) is 29.7 Å². The first kappa shape index (κ1) is 18.8. The van der Waals surface area contributed by atoms with Crippen molar-refractivity contribution in [1.82, 2.24) is 10.2 Å². The molecule has 2 fully saturated rings. The first-order chi connectivity index (χ1) is 12.0. The predicted octanol–water partition coefficient (Wildman–Crippen LogP) is 4.05. The number of hydrogen-bond donors (Lipinski definition) is 1. The van der Waals surface area contributed by atoms with Gasteiger partial charge in [-0.3, -0.25) is 10.1 Å². The second-order valence-corrected chi connectivity index (χ2v) is 8.30. The Hall–Kier alpha value is -0.980. The lowest BCUT2D eigenvalue weighted by atomic mass is 9.85. The molecule has 4 nitrogen and oxygen atoms in total. The van der Waals surface area contributed by atoms with Gasteiger partial charge in [0.1, 0.15) is 0 Å². The minimum absolute atomic E-state index is 0.156.